The average Bonchev–Trinajstić information content (AvgIpc) is 2.30. The number of hydrogen-bond donors (Lipinski definition) is 3. The second kappa shape index (κ2) is 6.65. The van der Waals surface area contributed by atoms with E-state index in [-0.39, 0.29) is 11.7 Å². The third kappa shape index (κ3) is 5.82. The fraction of sp³-hybridized carbons (Fsp3) is 0.417. The summed E-state index contributed by atoms with van der Waals surface area (Å²) < 4.78 is 21.8. The van der Waals surface area contributed by atoms with Gasteiger partial charge < -0.3 is 11.1 Å². The topological polar surface area (TPSA) is 115 Å². The first-order valence-corrected chi connectivity index (χ1v) is 7.69. The summed E-state index contributed by atoms with van der Waals surface area (Å²) in [6.07, 6.45) is 1.46. The molecule has 7 heteroatoms. The van der Waals surface area contributed by atoms with E-state index in [9.17, 15) is 13.2 Å². The highest BCUT2D eigenvalue weighted by atomic mass is 32.2. The van der Waals surface area contributed by atoms with E-state index in [0.717, 1.165) is 6.42 Å². The van der Waals surface area contributed by atoms with Crippen LogP contribution in [0.2, 0.25) is 0 Å². The zero-order chi connectivity index (χ0) is 14.5. The van der Waals surface area contributed by atoms with Crippen LogP contribution in [0.5, 0.6) is 0 Å². The van der Waals surface area contributed by atoms with Crippen LogP contribution >= 0.6 is 0 Å². The molecule has 0 saturated heterocycles. The van der Waals surface area contributed by atoms with Crippen LogP contribution in [0.3, 0.4) is 0 Å². The summed E-state index contributed by atoms with van der Waals surface area (Å²) in [5.41, 5.74) is 6.83. The van der Waals surface area contributed by atoms with Gasteiger partial charge in [0.05, 0.1) is 11.8 Å². The smallest absolute Gasteiger partial charge is 0.241 e. The normalized spacial score (nSPS) is 13.0. The standard InChI is InChI=1S/C12H19N3O3S/c1-2-3-11(13)12(16)15-10-6-4-9(5-7-10)8-19(14,17)18/h4-7,11H,2-3,8,13H2,1H3,(H,15,16)(H2,14,17,18)/t11-/m0/s1. The third-order valence-corrected chi connectivity index (χ3v) is 3.26. The van der Waals surface area contributed by atoms with Gasteiger partial charge in [-0.3, -0.25) is 4.79 Å². The molecule has 1 aromatic rings. The Morgan fingerprint density at radius 1 is 1.32 bits per heavy atom. The van der Waals surface area contributed by atoms with E-state index in [0.29, 0.717) is 17.7 Å². The van der Waals surface area contributed by atoms with Crippen molar-refractivity contribution in [2.24, 2.45) is 10.9 Å². The Hall–Kier alpha value is -1.44. The molecule has 0 aromatic heterocycles. The predicted octanol–water partition coefficient (Wildman–Crippen LogP) is 0.541. The molecule has 6 nitrogen and oxygen atoms in total. The number of hydrogen-bond acceptors (Lipinski definition) is 4. The molecule has 0 aliphatic rings. The first-order chi connectivity index (χ1) is 8.81. The number of nitrogens with two attached hydrogens (primary N) is 2. The van der Waals surface area contributed by atoms with Gasteiger partial charge >= 0.3 is 0 Å². The molecule has 0 aliphatic heterocycles. The summed E-state index contributed by atoms with van der Waals surface area (Å²) in [5, 5.41) is 7.62. The number of nitrogens with one attached hydrogen (secondary N) is 1. The molecule has 1 rings (SSSR count). The Morgan fingerprint density at radius 2 is 1.89 bits per heavy atom. The van der Waals surface area contributed by atoms with Crippen molar-refractivity contribution in [1.82, 2.24) is 0 Å². The van der Waals surface area contributed by atoms with Crippen LogP contribution in [0.1, 0.15) is 25.3 Å². The molecule has 1 amide bonds. The lowest BCUT2D eigenvalue weighted by atomic mass is 10.1. The molecule has 5 N–H and O–H groups in total. The van der Waals surface area contributed by atoms with Crippen LogP contribution in [-0.2, 0) is 20.6 Å². The van der Waals surface area contributed by atoms with Gasteiger partial charge in [-0.2, -0.15) is 0 Å². The lowest BCUT2D eigenvalue weighted by Gasteiger charge is -2.11. The van der Waals surface area contributed by atoms with Gasteiger partial charge in [0, 0.05) is 5.69 Å². The van der Waals surface area contributed by atoms with E-state index in [1.54, 1.807) is 24.3 Å². The molecular weight excluding hydrogens is 266 g/mol. The fourth-order valence-electron chi connectivity index (χ4n) is 1.59. The van der Waals surface area contributed by atoms with Crippen molar-refractivity contribution in [3.63, 3.8) is 0 Å². The van der Waals surface area contributed by atoms with Crippen molar-refractivity contribution in [2.75, 3.05) is 5.32 Å². The molecule has 19 heavy (non-hydrogen) atoms. The molecule has 0 heterocycles. The van der Waals surface area contributed by atoms with E-state index < -0.39 is 16.1 Å². The first kappa shape index (κ1) is 15.6. The van der Waals surface area contributed by atoms with Crippen molar-refractivity contribution in [2.45, 2.75) is 31.6 Å². The van der Waals surface area contributed by atoms with Crippen molar-refractivity contribution in [3.05, 3.63) is 29.8 Å². The maximum atomic E-state index is 11.7. The van der Waals surface area contributed by atoms with Gasteiger partial charge in [-0.15, -0.1) is 0 Å². The number of carbonyl (C=O) groups excluding carboxylic acids is 1. The molecule has 0 bridgehead atoms. The van der Waals surface area contributed by atoms with Gasteiger partial charge in [0.1, 0.15) is 0 Å². The molecule has 0 unspecified atom stereocenters. The number of sulfonamides is 1. The van der Waals surface area contributed by atoms with E-state index in [4.69, 9.17) is 10.9 Å². The van der Waals surface area contributed by atoms with Crippen molar-refractivity contribution in [3.8, 4) is 0 Å². The highest BCUT2D eigenvalue weighted by molar-refractivity contribution is 7.88. The maximum absolute atomic E-state index is 11.7. The number of primary sulfonamides is 1. The van der Waals surface area contributed by atoms with Gasteiger partial charge in [-0.05, 0) is 24.1 Å². The van der Waals surface area contributed by atoms with Crippen LogP contribution in [-0.4, -0.2) is 20.4 Å². The lowest BCUT2D eigenvalue weighted by Crippen LogP contribution is -2.35. The highest BCUT2D eigenvalue weighted by Gasteiger charge is 2.12. The van der Waals surface area contributed by atoms with Gasteiger partial charge in [0.25, 0.3) is 0 Å². The molecule has 0 aliphatic carbocycles. The highest BCUT2D eigenvalue weighted by Crippen LogP contribution is 2.11. The van der Waals surface area contributed by atoms with E-state index in [1.165, 1.54) is 0 Å². The summed E-state index contributed by atoms with van der Waals surface area (Å²) >= 11 is 0. The monoisotopic (exact) mass is 285 g/mol. The van der Waals surface area contributed by atoms with E-state index in [1.807, 2.05) is 6.92 Å². The Balaban J connectivity index is 2.64. The van der Waals surface area contributed by atoms with Crippen LogP contribution in [0.25, 0.3) is 0 Å². The Kier molecular flexibility index (Phi) is 5.46. The van der Waals surface area contributed by atoms with Gasteiger partial charge in [0.2, 0.25) is 15.9 Å². The van der Waals surface area contributed by atoms with E-state index in [2.05, 4.69) is 5.32 Å². The number of amides is 1. The number of carbonyl (C=O) groups is 1. The van der Waals surface area contributed by atoms with Gasteiger partial charge in [0.15, 0.2) is 0 Å². The summed E-state index contributed by atoms with van der Waals surface area (Å²) in [6.45, 7) is 1.95. The van der Waals surface area contributed by atoms with Gasteiger partial charge in [-0.1, -0.05) is 25.5 Å². The summed E-state index contributed by atoms with van der Waals surface area (Å²) in [5.74, 6) is -0.475. The molecule has 1 atom stereocenters. The summed E-state index contributed by atoms with van der Waals surface area (Å²) in [7, 11) is -3.54. The molecule has 0 saturated carbocycles. The molecule has 0 fully saturated rings. The first-order valence-electron chi connectivity index (χ1n) is 5.97. The SMILES string of the molecule is CCC[C@H](N)C(=O)Nc1ccc(CS(N)(=O)=O)cc1. The molecule has 1 aromatic carbocycles. The van der Waals surface area contributed by atoms with Crippen LogP contribution < -0.4 is 16.2 Å². The lowest BCUT2D eigenvalue weighted by molar-refractivity contribution is -0.117. The summed E-state index contributed by atoms with van der Waals surface area (Å²) in [6, 6.07) is 5.92. The summed E-state index contributed by atoms with van der Waals surface area (Å²) in [4.78, 5) is 11.7. The second-order valence-corrected chi connectivity index (χ2v) is 6.00. The molecule has 0 spiro atoms. The zero-order valence-corrected chi connectivity index (χ0v) is 11.6. The minimum absolute atomic E-state index is 0.226. The van der Waals surface area contributed by atoms with E-state index >= 15 is 0 Å². The Labute approximate surface area is 113 Å². The fourth-order valence-corrected chi connectivity index (χ4v) is 2.25. The molecular formula is C12H19N3O3S. The third-order valence-electron chi connectivity index (χ3n) is 2.53. The largest absolute Gasteiger partial charge is 0.325 e. The van der Waals surface area contributed by atoms with Crippen LogP contribution in [0.15, 0.2) is 24.3 Å². The second-order valence-electron chi connectivity index (χ2n) is 4.39. The average molecular weight is 285 g/mol. The van der Waals surface area contributed by atoms with Gasteiger partial charge in [-0.25, -0.2) is 13.6 Å². The zero-order valence-electron chi connectivity index (χ0n) is 10.8. The quantitative estimate of drug-likeness (QED) is 0.707. The molecule has 106 valence electrons. The maximum Gasteiger partial charge on any atom is 0.241 e. The Bertz CT molecular complexity index is 526. The van der Waals surface area contributed by atoms with Crippen molar-refractivity contribution in [1.29, 1.82) is 0 Å². The Morgan fingerprint density at radius 3 is 2.37 bits per heavy atom. The number of rotatable bonds is 6. The number of anilines is 1. The van der Waals surface area contributed by atoms with Crippen molar-refractivity contribution >= 4 is 21.6 Å². The molecule has 0 radical (unpaired) electrons. The minimum Gasteiger partial charge on any atom is -0.325 e. The van der Waals surface area contributed by atoms with Crippen molar-refractivity contribution < 1.29 is 13.2 Å². The predicted molar refractivity (Wildman–Crippen MR) is 74.8 cm³/mol. The van der Waals surface area contributed by atoms with Crippen LogP contribution in [0.4, 0.5) is 5.69 Å². The number of benzene rings is 1. The van der Waals surface area contributed by atoms with Crippen LogP contribution in [0, 0.1) is 0 Å². The minimum atomic E-state index is -3.54.